The molecule has 0 bridgehead atoms. The van der Waals surface area contributed by atoms with Crippen molar-refractivity contribution < 1.29 is 12.9 Å². The highest BCUT2D eigenvalue weighted by Gasteiger charge is 2.40. The van der Waals surface area contributed by atoms with Crippen LogP contribution in [0.2, 0.25) is 0 Å². The normalized spacial score (nSPS) is 22.8. The maximum absolute atomic E-state index is 11.8. The fraction of sp³-hybridized carbons (Fsp3) is 0.846. The smallest absolute Gasteiger partial charge is 0.229 e. The monoisotopic (exact) mass is 350 g/mol. The molecular formula is C13H23ClN4O3S. The highest BCUT2D eigenvalue weighted by molar-refractivity contribution is 7.89. The van der Waals surface area contributed by atoms with E-state index in [0.29, 0.717) is 24.8 Å². The van der Waals surface area contributed by atoms with Crippen LogP contribution in [0.1, 0.15) is 56.7 Å². The van der Waals surface area contributed by atoms with Crippen LogP contribution in [0.25, 0.3) is 0 Å². The number of hydrogen-bond acceptors (Lipinski definition) is 6. The van der Waals surface area contributed by atoms with E-state index in [9.17, 15) is 8.42 Å². The fourth-order valence-electron chi connectivity index (χ4n) is 2.95. The number of nitrogens with zero attached hydrogens (tertiary/aromatic N) is 3. The summed E-state index contributed by atoms with van der Waals surface area (Å²) in [6.45, 7) is 2.71. The summed E-state index contributed by atoms with van der Waals surface area (Å²) < 4.78 is 30.6. The van der Waals surface area contributed by atoms with Crippen molar-refractivity contribution in [2.24, 2.45) is 5.73 Å². The fourth-order valence-corrected chi connectivity index (χ4v) is 4.08. The van der Waals surface area contributed by atoms with Gasteiger partial charge in [-0.2, -0.15) is 4.98 Å². The largest absolute Gasteiger partial charge is 0.339 e. The Morgan fingerprint density at radius 3 is 2.50 bits per heavy atom. The molecule has 7 nitrogen and oxygen atoms in total. The lowest BCUT2D eigenvalue weighted by Crippen LogP contribution is -2.44. The van der Waals surface area contributed by atoms with E-state index in [1.807, 2.05) is 0 Å². The first-order valence-corrected chi connectivity index (χ1v) is 9.16. The molecule has 0 unspecified atom stereocenters. The molecule has 2 fully saturated rings. The van der Waals surface area contributed by atoms with E-state index >= 15 is 0 Å². The highest BCUT2D eigenvalue weighted by Crippen LogP contribution is 2.38. The molecule has 0 radical (unpaired) electrons. The summed E-state index contributed by atoms with van der Waals surface area (Å²) in [4.78, 5) is 4.46. The van der Waals surface area contributed by atoms with Crippen LogP contribution in [0.4, 0.5) is 0 Å². The maximum atomic E-state index is 11.8. The van der Waals surface area contributed by atoms with E-state index in [-0.39, 0.29) is 24.1 Å². The number of sulfonamides is 1. The zero-order chi connectivity index (χ0) is 15.1. The van der Waals surface area contributed by atoms with Crippen LogP contribution in [0.3, 0.4) is 0 Å². The second-order valence-electron chi connectivity index (χ2n) is 6.04. The van der Waals surface area contributed by atoms with Crippen molar-refractivity contribution in [3.8, 4) is 0 Å². The van der Waals surface area contributed by atoms with Gasteiger partial charge in [-0.15, -0.1) is 12.4 Å². The van der Waals surface area contributed by atoms with Gasteiger partial charge in [0.05, 0.1) is 11.3 Å². The molecule has 2 heterocycles. The van der Waals surface area contributed by atoms with E-state index in [2.05, 4.69) is 10.1 Å². The average Bonchev–Trinajstić information content (AvgIpc) is 2.95. The molecule has 0 spiro atoms. The molecule has 1 saturated carbocycles. The Hall–Kier alpha value is -0.700. The molecule has 1 aliphatic carbocycles. The molecule has 2 aliphatic rings. The van der Waals surface area contributed by atoms with Gasteiger partial charge in [0, 0.05) is 19.0 Å². The van der Waals surface area contributed by atoms with E-state index in [1.54, 1.807) is 11.2 Å². The lowest BCUT2D eigenvalue weighted by atomic mass is 9.77. The van der Waals surface area contributed by atoms with Gasteiger partial charge in [-0.3, -0.25) is 0 Å². The molecule has 1 aliphatic heterocycles. The van der Waals surface area contributed by atoms with Crippen LogP contribution >= 0.6 is 12.4 Å². The van der Waals surface area contributed by atoms with Crippen LogP contribution in [0.5, 0.6) is 0 Å². The number of nitrogens with two attached hydrogens (primary N) is 1. The molecule has 1 aromatic rings. The standard InChI is InChI=1S/C13H22N4O3S.ClH/c1-2-21(18,19)17-8-4-10(5-9-17)11-15-12(16-20-11)13(14)6-3-7-13;/h10H,2-9,14H2,1H3;1H. The molecule has 1 aromatic heterocycles. The Bertz CT molecular complexity index is 607. The van der Waals surface area contributed by atoms with Gasteiger partial charge < -0.3 is 10.3 Å². The summed E-state index contributed by atoms with van der Waals surface area (Å²) in [5.41, 5.74) is 5.78. The molecular weight excluding hydrogens is 328 g/mol. The number of piperidine rings is 1. The Balaban J connectivity index is 0.00000176. The predicted octanol–water partition coefficient (Wildman–Crippen LogP) is 1.36. The Kier molecular flexibility index (Phi) is 5.16. The Labute approximate surface area is 137 Å². The molecule has 3 rings (SSSR count). The first kappa shape index (κ1) is 17.7. The van der Waals surface area contributed by atoms with Crippen molar-refractivity contribution >= 4 is 22.4 Å². The van der Waals surface area contributed by atoms with E-state index in [1.165, 1.54) is 0 Å². The van der Waals surface area contributed by atoms with Crippen LogP contribution in [0, 0.1) is 0 Å². The minimum absolute atomic E-state index is 0. The summed E-state index contributed by atoms with van der Waals surface area (Å²) in [6, 6.07) is 0. The van der Waals surface area contributed by atoms with Crippen molar-refractivity contribution in [2.75, 3.05) is 18.8 Å². The minimum atomic E-state index is -3.09. The molecule has 1 saturated heterocycles. The zero-order valence-electron chi connectivity index (χ0n) is 12.7. The highest BCUT2D eigenvalue weighted by atomic mass is 35.5. The van der Waals surface area contributed by atoms with Crippen LogP contribution in [0.15, 0.2) is 4.52 Å². The summed E-state index contributed by atoms with van der Waals surface area (Å²) in [5.74, 6) is 1.50. The van der Waals surface area contributed by atoms with Gasteiger partial charge in [0.1, 0.15) is 0 Å². The van der Waals surface area contributed by atoms with Crippen LogP contribution in [-0.4, -0.2) is 41.7 Å². The second-order valence-corrected chi connectivity index (χ2v) is 8.30. The zero-order valence-corrected chi connectivity index (χ0v) is 14.3. The third-order valence-corrected chi connectivity index (χ3v) is 6.58. The van der Waals surface area contributed by atoms with Crippen molar-refractivity contribution in [1.82, 2.24) is 14.4 Å². The Morgan fingerprint density at radius 1 is 1.36 bits per heavy atom. The van der Waals surface area contributed by atoms with Gasteiger partial charge in [-0.05, 0) is 39.0 Å². The summed E-state index contributed by atoms with van der Waals surface area (Å²) >= 11 is 0. The summed E-state index contributed by atoms with van der Waals surface area (Å²) in [6.07, 6.45) is 4.35. The van der Waals surface area contributed by atoms with Gasteiger partial charge in [-0.1, -0.05) is 5.16 Å². The average molecular weight is 351 g/mol. The van der Waals surface area contributed by atoms with Crippen molar-refractivity contribution in [3.05, 3.63) is 11.7 Å². The third-order valence-electron chi connectivity index (χ3n) is 4.69. The van der Waals surface area contributed by atoms with Gasteiger partial charge in [-0.25, -0.2) is 12.7 Å². The quantitative estimate of drug-likeness (QED) is 0.879. The molecule has 22 heavy (non-hydrogen) atoms. The number of aromatic nitrogens is 2. The SMILES string of the molecule is CCS(=O)(=O)N1CCC(c2nc(C3(N)CCC3)no2)CC1.Cl. The third kappa shape index (κ3) is 3.15. The number of rotatable bonds is 4. The van der Waals surface area contributed by atoms with Crippen molar-refractivity contribution in [3.63, 3.8) is 0 Å². The van der Waals surface area contributed by atoms with Crippen molar-refractivity contribution in [2.45, 2.75) is 50.5 Å². The molecule has 0 amide bonds. The first-order valence-electron chi connectivity index (χ1n) is 7.55. The Morgan fingerprint density at radius 2 is 2.00 bits per heavy atom. The molecule has 9 heteroatoms. The molecule has 0 aromatic carbocycles. The van der Waals surface area contributed by atoms with E-state index in [4.69, 9.17) is 10.3 Å². The summed E-state index contributed by atoms with van der Waals surface area (Å²) in [7, 11) is -3.09. The maximum Gasteiger partial charge on any atom is 0.229 e. The lowest BCUT2D eigenvalue weighted by molar-refractivity contribution is 0.227. The van der Waals surface area contributed by atoms with Crippen LogP contribution < -0.4 is 5.73 Å². The van der Waals surface area contributed by atoms with E-state index < -0.39 is 15.6 Å². The predicted molar refractivity (Wildman–Crippen MR) is 84.3 cm³/mol. The van der Waals surface area contributed by atoms with E-state index in [0.717, 1.165) is 32.1 Å². The second kappa shape index (κ2) is 6.43. The van der Waals surface area contributed by atoms with Gasteiger partial charge in [0.2, 0.25) is 15.9 Å². The summed E-state index contributed by atoms with van der Waals surface area (Å²) in [5, 5.41) is 4.03. The molecule has 126 valence electrons. The molecule has 2 N–H and O–H groups in total. The van der Waals surface area contributed by atoms with Crippen LogP contribution in [-0.2, 0) is 15.6 Å². The lowest BCUT2D eigenvalue weighted by Gasteiger charge is -2.34. The number of halogens is 1. The first-order chi connectivity index (χ1) is 9.94. The van der Waals surface area contributed by atoms with Crippen molar-refractivity contribution in [1.29, 1.82) is 0 Å². The van der Waals surface area contributed by atoms with Gasteiger partial charge in [0.25, 0.3) is 0 Å². The molecule has 0 atom stereocenters. The van der Waals surface area contributed by atoms with Gasteiger partial charge >= 0.3 is 0 Å². The minimum Gasteiger partial charge on any atom is -0.339 e. The number of hydrogen-bond donors (Lipinski definition) is 1. The van der Waals surface area contributed by atoms with Gasteiger partial charge in [0.15, 0.2) is 5.82 Å². The topological polar surface area (TPSA) is 102 Å².